The van der Waals surface area contributed by atoms with Crippen molar-refractivity contribution in [1.82, 2.24) is 19.7 Å². The number of piperidine rings is 1. The highest BCUT2D eigenvalue weighted by Gasteiger charge is 2.25. The lowest BCUT2D eigenvalue weighted by Crippen LogP contribution is -2.41. The highest BCUT2D eigenvalue weighted by atomic mass is 19.1. The summed E-state index contributed by atoms with van der Waals surface area (Å²) in [7, 11) is 0. The summed E-state index contributed by atoms with van der Waals surface area (Å²) >= 11 is 0. The molecule has 0 saturated carbocycles. The van der Waals surface area contributed by atoms with Crippen LogP contribution in [0.4, 0.5) is 4.39 Å². The molecule has 1 aliphatic rings. The van der Waals surface area contributed by atoms with Crippen LogP contribution in [0, 0.1) is 11.7 Å². The number of carbonyl (C=O) groups is 1. The number of rotatable bonds is 3. The van der Waals surface area contributed by atoms with Gasteiger partial charge in [0.15, 0.2) is 0 Å². The molecule has 2 aromatic heterocycles. The van der Waals surface area contributed by atoms with Crippen LogP contribution in [0.5, 0.6) is 0 Å². The number of hydrogen-bond acceptors (Lipinski definition) is 2. The van der Waals surface area contributed by atoms with E-state index >= 15 is 0 Å². The number of halogens is 1. The highest BCUT2D eigenvalue weighted by Crippen LogP contribution is 2.30. The molecule has 144 valence electrons. The maximum atomic E-state index is 13.4. The fourth-order valence-corrected chi connectivity index (χ4v) is 3.73. The second-order valence-corrected chi connectivity index (χ2v) is 7.31. The van der Waals surface area contributed by atoms with Gasteiger partial charge in [-0.15, -0.1) is 0 Å². The Kier molecular flexibility index (Phi) is 5.35. The van der Waals surface area contributed by atoms with E-state index in [4.69, 9.17) is 0 Å². The summed E-state index contributed by atoms with van der Waals surface area (Å²) in [4.78, 5) is 17.2. The van der Waals surface area contributed by atoms with Gasteiger partial charge in [0.1, 0.15) is 5.82 Å². The minimum Gasteiger partial charge on any atom is -0.360 e. The lowest BCUT2D eigenvalue weighted by molar-refractivity contribution is -0.135. The van der Waals surface area contributed by atoms with Crippen LogP contribution >= 0.6 is 0 Å². The molecule has 0 bridgehead atoms. The Bertz CT molecular complexity index is 935. The van der Waals surface area contributed by atoms with Crippen molar-refractivity contribution in [2.75, 3.05) is 13.1 Å². The third-order valence-corrected chi connectivity index (χ3v) is 5.20. The van der Waals surface area contributed by atoms with Gasteiger partial charge in [-0.1, -0.05) is 21.3 Å². The van der Waals surface area contributed by atoms with Crippen molar-refractivity contribution in [2.24, 2.45) is 5.92 Å². The fraction of sp³-hybridized carbons (Fsp3) is 0.429. The third-order valence-electron chi connectivity index (χ3n) is 5.20. The zero-order chi connectivity index (χ0) is 18.3. The fourth-order valence-electron chi connectivity index (χ4n) is 3.73. The summed E-state index contributed by atoms with van der Waals surface area (Å²) in [6, 6.07) is 5.09. The summed E-state index contributed by atoms with van der Waals surface area (Å²) in [5.74, 6) is 0.0366. The van der Waals surface area contributed by atoms with Crippen molar-refractivity contribution in [3.8, 4) is 11.1 Å². The van der Waals surface area contributed by atoms with E-state index in [1.807, 2.05) is 35.8 Å². The molecule has 1 fully saturated rings. The molecule has 0 radical (unpaired) electrons. The van der Waals surface area contributed by atoms with Gasteiger partial charge in [-0.3, -0.25) is 9.48 Å². The van der Waals surface area contributed by atoms with Crippen LogP contribution in [0.1, 0.15) is 40.2 Å². The van der Waals surface area contributed by atoms with Crippen molar-refractivity contribution in [2.45, 2.75) is 40.2 Å². The highest BCUT2D eigenvalue weighted by molar-refractivity contribution is 5.95. The van der Waals surface area contributed by atoms with E-state index < -0.39 is 0 Å². The molecule has 1 amide bonds. The molecule has 3 heterocycles. The molecule has 0 unspecified atom stereocenters. The minimum absolute atomic E-state index is 0. The predicted molar refractivity (Wildman–Crippen MR) is 106 cm³/mol. The van der Waals surface area contributed by atoms with E-state index in [2.05, 4.69) is 16.3 Å². The SMILES string of the molecule is C.CC(C)C(=O)N1CCC(n2cc(-c3c[nH]c4cc(F)ccc34)cn2)CC1. The smallest absolute Gasteiger partial charge is 0.225 e. The van der Waals surface area contributed by atoms with Gasteiger partial charge in [0, 0.05) is 53.4 Å². The Hall–Kier alpha value is -2.63. The Morgan fingerprint density at radius 2 is 2.04 bits per heavy atom. The number of amides is 1. The maximum absolute atomic E-state index is 13.4. The molecule has 27 heavy (non-hydrogen) atoms. The van der Waals surface area contributed by atoms with Gasteiger partial charge in [0.25, 0.3) is 0 Å². The van der Waals surface area contributed by atoms with Crippen molar-refractivity contribution >= 4 is 16.8 Å². The molecule has 1 aromatic carbocycles. The molecular formula is C21H27FN4O. The van der Waals surface area contributed by atoms with Gasteiger partial charge in [-0.05, 0) is 31.0 Å². The predicted octanol–water partition coefficient (Wildman–Crippen LogP) is 4.63. The zero-order valence-electron chi connectivity index (χ0n) is 15.1. The van der Waals surface area contributed by atoms with E-state index in [9.17, 15) is 9.18 Å². The van der Waals surface area contributed by atoms with Crippen LogP contribution in [0.3, 0.4) is 0 Å². The van der Waals surface area contributed by atoms with Crippen molar-refractivity contribution in [1.29, 1.82) is 0 Å². The van der Waals surface area contributed by atoms with Crippen molar-refractivity contribution in [3.63, 3.8) is 0 Å². The van der Waals surface area contributed by atoms with Gasteiger partial charge >= 0.3 is 0 Å². The van der Waals surface area contributed by atoms with E-state index in [1.54, 1.807) is 6.07 Å². The van der Waals surface area contributed by atoms with E-state index in [0.29, 0.717) is 6.04 Å². The third kappa shape index (κ3) is 3.61. The second kappa shape index (κ2) is 7.55. The quantitative estimate of drug-likeness (QED) is 0.731. The van der Waals surface area contributed by atoms with Crippen molar-refractivity contribution in [3.05, 3.63) is 42.6 Å². The molecule has 4 rings (SSSR count). The molecular weight excluding hydrogens is 343 g/mol. The van der Waals surface area contributed by atoms with E-state index in [-0.39, 0.29) is 25.1 Å². The number of benzene rings is 1. The number of H-pyrrole nitrogens is 1. The molecule has 0 spiro atoms. The molecule has 1 aliphatic heterocycles. The van der Waals surface area contributed by atoms with Crippen LogP contribution in [-0.4, -0.2) is 38.7 Å². The number of nitrogens with zero attached hydrogens (tertiary/aromatic N) is 3. The lowest BCUT2D eigenvalue weighted by Gasteiger charge is -2.33. The summed E-state index contributed by atoms with van der Waals surface area (Å²) in [5.41, 5.74) is 2.83. The summed E-state index contributed by atoms with van der Waals surface area (Å²) in [5, 5.41) is 5.54. The average molecular weight is 370 g/mol. The molecule has 0 atom stereocenters. The number of hydrogen-bond donors (Lipinski definition) is 1. The second-order valence-electron chi connectivity index (χ2n) is 7.31. The van der Waals surface area contributed by atoms with Crippen LogP contribution in [0.15, 0.2) is 36.8 Å². The molecule has 1 N–H and O–H groups in total. The number of nitrogens with one attached hydrogen (secondary N) is 1. The summed E-state index contributed by atoms with van der Waals surface area (Å²) < 4.78 is 15.4. The average Bonchev–Trinajstić information content (AvgIpc) is 3.27. The maximum Gasteiger partial charge on any atom is 0.225 e. The van der Waals surface area contributed by atoms with E-state index in [0.717, 1.165) is 48.0 Å². The minimum atomic E-state index is -0.246. The first-order valence-electron chi connectivity index (χ1n) is 9.13. The van der Waals surface area contributed by atoms with Crippen molar-refractivity contribution < 1.29 is 9.18 Å². The van der Waals surface area contributed by atoms with Gasteiger partial charge < -0.3 is 9.88 Å². The first kappa shape index (κ1) is 19.1. The van der Waals surface area contributed by atoms with Crippen LogP contribution in [-0.2, 0) is 4.79 Å². The van der Waals surface area contributed by atoms with Crippen LogP contribution in [0.2, 0.25) is 0 Å². The zero-order valence-corrected chi connectivity index (χ0v) is 15.1. The van der Waals surface area contributed by atoms with Gasteiger partial charge in [-0.25, -0.2) is 4.39 Å². The molecule has 5 nitrogen and oxygen atoms in total. The van der Waals surface area contributed by atoms with Gasteiger partial charge in [-0.2, -0.15) is 5.10 Å². The first-order valence-corrected chi connectivity index (χ1v) is 9.13. The Balaban J connectivity index is 0.00000210. The molecule has 3 aromatic rings. The van der Waals surface area contributed by atoms with Gasteiger partial charge in [0.05, 0.1) is 12.2 Å². The Morgan fingerprint density at radius 1 is 1.30 bits per heavy atom. The van der Waals surface area contributed by atoms with Gasteiger partial charge in [0.2, 0.25) is 5.91 Å². The lowest BCUT2D eigenvalue weighted by atomic mass is 10.0. The number of fused-ring (bicyclic) bond motifs is 1. The van der Waals surface area contributed by atoms with Crippen LogP contribution < -0.4 is 0 Å². The Labute approximate surface area is 159 Å². The van der Waals surface area contributed by atoms with Crippen LogP contribution in [0.25, 0.3) is 22.0 Å². The Morgan fingerprint density at radius 3 is 2.74 bits per heavy atom. The number of aromatic amines is 1. The topological polar surface area (TPSA) is 53.9 Å². The van der Waals surface area contributed by atoms with E-state index in [1.165, 1.54) is 12.1 Å². The summed E-state index contributed by atoms with van der Waals surface area (Å²) in [6.07, 6.45) is 7.64. The number of likely N-dealkylation sites (tertiary alicyclic amines) is 1. The largest absolute Gasteiger partial charge is 0.360 e. The number of carbonyl (C=O) groups excluding carboxylic acids is 1. The molecule has 6 heteroatoms. The standard InChI is InChI=1S/C20H23FN4O.CH4/c1-13(2)20(26)24-7-5-16(6-8-24)25-12-14(10-23-25)18-11-22-19-9-15(21)3-4-17(18)19;/h3-4,9-13,16,22H,5-8H2,1-2H3;1H4. The normalized spacial score (nSPS) is 15.3. The monoisotopic (exact) mass is 370 g/mol. The first-order chi connectivity index (χ1) is 12.5. The number of aromatic nitrogens is 3. The summed E-state index contributed by atoms with van der Waals surface area (Å²) in [6.45, 7) is 5.45. The molecule has 0 aliphatic carbocycles. The molecule has 1 saturated heterocycles.